The summed E-state index contributed by atoms with van der Waals surface area (Å²) in [5.74, 6) is 0.0762. The number of benzene rings is 1. The minimum absolute atomic E-state index is 0.165. The summed E-state index contributed by atoms with van der Waals surface area (Å²) in [4.78, 5) is 31.5. The zero-order chi connectivity index (χ0) is 22.3. The average molecular weight is 470 g/mol. The number of hydrogen-bond acceptors (Lipinski definition) is 5. The lowest BCUT2D eigenvalue weighted by Crippen LogP contribution is -2.38. The van der Waals surface area contributed by atoms with Gasteiger partial charge in [0.05, 0.1) is 11.1 Å². The second-order valence-corrected chi connectivity index (χ2v) is 8.76. The molecule has 1 saturated heterocycles. The van der Waals surface area contributed by atoms with E-state index in [1.807, 2.05) is 0 Å². The SMILES string of the molecule is O=C(NCC(c1ccsc1)N1CCCC1)Nc1cccc(C(=O)Nc2ccc(Cl)cn2)c1. The Morgan fingerprint density at radius 1 is 1.12 bits per heavy atom. The first-order valence-electron chi connectivity index (χ1n) is 10.4. The zero-order valence-electron chi connectivity index (χ0n) is 17.4. The molecule has 1 aromatic carbocycles. The number of hydrogen-bond donors (Lipinski definition) is 3. The van der Waals surface area contributed by atoms with Crippen molar-refractivity contribution in [1.82, 2.24) is 15.2 Å². The Morgan fingerprint density at radius 3 is 2.69 bits per heavy atom. The third kappa shape index (κ3) is 5.85. The molecule has 3 N–H and O–H groups in total. The summed E-state index contributed by atoms with van der Waals surface area (Å²) in [5, 5.41) is 13.2. The lowest BCUT2D eigenvalue weighted by atomic mass is 10.1. The topological polar surface area (TPSA) is 86.4 Å². The molecule has 3 amide bonds. The third-order valence-corrected chi connectivity index (χ3v) is 6.24. The van der Waals surface area contributed by atoms with Gasteiger partial charge < -0.3 is 16.0 Å². The number of halogens is 1. The smallest absolute Gasteiger partial charge is 0.319 e. The molecule has 0 bridgehead atoms. The lowest BCUT2D eigenvalue weighted by molar-refractivity contribution is 0.102. The minimum atomic E-state index is -0.324. The molecule has 3 heterocycles. The van der Waals surface area contributed by atoms with Crippen LogP contribution in [0.3, 0.4) is 0 Å². The van der Waals surface area contributed by atoms with Crippen LogP contribution in [0.15, 0.2) is 59.4 Å². The first kappa shape index (κ1) is 22.3. The van der Waals surface area contributed by atoms with Gasteiger partial charge in [0.1, 0.15) is 5.82 Å². The number of likely N-dealkylation sites (tertiary alicyclic amines) is 1. The Hall–Kier alpha value is -2.94. The molecule has 7 nitrogen and oxygen atoms in total. The monoisotopic (exact) mass is 469 g/mol. The van der Waals surface area contributed by atoms with Gasteiger partial charge in [0.2, 0.25) is 0 Å². The number of aromatic nitrogens is 1. The van der Waals surface area contributed by atoms with E-state index in [1.54, 1.807) is 47.7 Å². The molecular weight excluding hydrogens is 446 g/mol. The number of anilines is 2. The molecule has 1 atom stereocenters. The summed E-state index contributed by atoms with van der Waals surface area (Å²) in [6.07, 6.45) is 3.84. The van der Waals surface area contributed by atoms with Crippen LogP contribution < -0.4 is 16.0 Å². The molecule has 9 heteroatoms. The Morgan fingerprint density at radius 2 is 1.97 bits per heavy atom. The number of thiophene rings is 1. The van der Waals surface area contributed by atoms with Crippen LogP contribution >= 0.6 is 22.9 Å². The standard InChI is InChI=1S/C23H24ClN5O2S/c24-18-6-7-21(25-13-18)28-22(30)16-4-3-5-19(12-16)27-23(31)26-14-20(17-8-11-32-15-17)29-9-1-2-10-29/h3-8,11-13,15,20H,1-2,9-10,14H2,(H,25,28,30)(H2,26,27,31). The quantitative estimate of drug-likeness (QED) is 0.454. The van der Waals surface area contributed by atoms with Crippen LogP contribution in [-0.2, 0) is 0 Å². The van der Waals surface area contributed by atoms with E-state index in [0.29, 0.717) is 28.6 Å². The van der Waals surface area contributed by atoms with E-state index < -0.39 is 0 Å². The van der Waals surface area contributed by atoms with Crippen molar-refractivity contribution in [2.75, 3.05) is 30.3 Å². The molecule has 0 aliphatic carbocycles. The largest absolute Gasteiger partial charge is 0.336 e. The van der Waals surface area contributed by atoms with Gasteiger partial charge in [-0.15, -0.1) is 0 Å². The molecule has 0 saturated carbocycles. The van der Waals surface area contributed by atoms with Gasteiger partial charge in [-0.1, -0.05) is 17.7 Å². The van der Waals surface area contributed by atoms with Crippen molar-refractivity contribution in [3.05, 3.63) is 75.6 Å². The van der Waals surface area contributed by atoms with Crippen molar-refractivity contribution in [2.24, 2.45) is 0 Å². The molecule has 32 heavy (non-hydrogen) atoms. The van der Waals surface area contributed by atoms with E-state index in [2.05, 4.69) is 42.7 Å². The highest BCUT2D eigenvalue weighted by Gasteiger charge is 2.24. The fraction of sp³-hybridized carbons (Fsp3) is 0.261. The minimum Gasteiger partial charge on any atom is -0.336 e. The molecule has 166 valence electrons. The van der Waals surface area contributed by atoms with E-state index >= 15 is 0 Å². The van der Waals surface area contributed by atoms with Crippen LogP contribution in [0.5, 0.6) is 0 Å². The number of carbonyl (C=O) groups is 2. The predicted octanol–water partition coefficient (Wildman–Crippen LogP) is 5.01. The van der Waals surface area contributed by atoms with Gasteiger partial charge in [0, 0.05) is 24.0 Å². The maximum absolute atomic E-state index is 12.5. The van der Waals surface area contributed by atoms with Gasteiger partial charge in [-0.25, -0.2) is 9.78 Å². The van der Waals surface area contributed by atoms with Crippen LogP contribution in [0.1, 0.15) is 34.8 Å². The molecule has 1 aliphatic heterocycles. The van der Waals surface area contributed by atoms with E-state index in [0.717, 1.165) is 13.1 Å². The maximum atomic E-state index is 12.5. The number of nitrogens with one attached hydrogen (secondary N) is 3. The second-order valence-electron chi connectivity index (χ2n) is 7.55. The molecule has 3 aromatic rings. The van der Waals surface area contributed by atoms with E-state index in [9.17, 15) is 9.59 Å². The van der Waals surface area contributed by atoms with Crippen LogP contribution in [0, 0.1) is 0 Å². The van der Waals surface area contributed by atoms with Gasteiger partial charge in [-0.2, -0.15) is 11.3 Å². The summed E-state index contributed by atoms with van der Waals surface area (Å²) in [5.41, 5.74) is 2.17. The first-order chi connectivity index (χ1) is 15.6. The molecule has 2 aromatic heterocycles. The molecule has 0 radical (unpaired) electrons. The van der Waals surface area contributed by atoms with Gasteiger partial charge in [0.25, 0.3) is 5.91 Å². The number of rotatable bonds is 7. The Bertz CT molecular complexity index is 1050. The fourth-order valence-electron chi connectivity index (χ4n) is 3.72. The number of carbonyl (C=O) groups excluding carboxylic acids is 2. The fourth-order valence-corrected chi connectivity index (χ4v) is 4.54. The number of pyridine rings is 1. The van der Waals surface area contributed by atoms with Gasteiger partial charge in [0.15, 0.2) is 0 Å². The summed E-state index contributed by atoms with van der Waals surface area (Å²) in [7, 11) is 0. The van der Waals surface area contributed by atoms with Crippen LogP contribution in [0.2, 0.25) is 5.02 Å². The van der Waals surface area contributed by atoms with Crippen molar-refractivity contribution in [1.29, 1.82) is 0 Å². The van der Waals surface area contributed by atoms with Crippen molar-refractivity contribution in [2.45, 2.75) is 18.9 Å². The summed E-state index contributed by atoms with van der Waals surface area (Å²) in [6.45, 7) is 2.61. The van der Waals surface area contributed by atoms with Crippen molar-refractivity contribution in [3.8, 4) is 0 Å². The Labute approximate surface area is 195 Å². The van der Waals surface area contributed by atoms with Crippen LogP contribution in [-0.4, -0.2) is 41.5 Å². The summed E-state index contributed by atoms with van der Waals surface area (Å²) >= 11 is 7.49. The number of urea groups is 1. The third-order valence-electron chi connectivity index (χ3n) is 5.32. The van der Waals surface area contributed by atoms with Crippen LogP contribution in [0.4, 0.5) is 16.3 Å². The molecule has 4 rings (SSSR count). The molecular formula is C23H24ClN5O2S. The highest BCUT2D eigenvalue weighted by atomic mass is 35.5. The van der Waals surface area contributed by atoms with Gasteiger partial charge >= 0.3 is 6.03 Å². The summed E-state index contributed by atoms with van der Waals surface area (Å²) in [6, 6.07) is 12.0. The van der Waals surface area contributed by atoms with E-state index in [-0.39, 0.29) is 18.0 Å². The van der Waals surface area contributed by atoms with Crippen molar-refractivity contribution >= 4 is 46.4 Å². The van der Waals surface area contributed by atoms with E-state index in [4.69, 9.17) is 11.6 Å². The van der Waals surface area contributed by atoms with Crippen molar-refractivity contribution < 1.29 is 9.59 Å². The van der Waals surface area contributed by atoms with E-state index in [1.165, 1.54) is 24.6 Å². The summed E-state index contributed by atoms with van der Waals surface area (Å²) < 4.78 is 0. The average Bonchev–Trinajstić information content (AvgIpc) is 3.51. The normalized spacial score (nSPS) is 14.7. The number of nitrogens with zero attached hydrogens (tertiary/aromatic N) is 2. The Kier molecular flexibility index (Phi) is 7.36. The number of amides is 3. The second kappa shape index (κ2) is 10.6. The highest BCUT2D eigenvalue weighted by Crippen LogP contribution is 2.26. The van der Waals surface area contributed by atoms with Crippen molar-refractivity contribution in [3.63, 3.8) is 0 Å². The molecule has 1 aliphatic rings. The molecule has 1 unspecified atom stereocenters. The highest BCUT2D eigenvalue weighted by molar-refractivity contribution is 7.08. The Balaban J connectivity index is 1.34. The zero-order valence-corrected chi connectivity index (χ0v) is 19.0. The maximum Gasteiger partial charge on any atom is 0.319 e. The molecule has 1 fully saturated rings. The van der Waals surface area contributed by atoms with Gasteiger partial charge in [-0.3, -0.25) is 9.69 Å². The van der Waals surface area contributed by atoms with Crippen LogP contribution in [0.25, 0.3) is 0 Å². The first-order valence-corrected chi connectivity index (χ1v) is 11.7. The molecule has 0 spiro atoms. The predicted molar refractivity (Wildman–Crippen MR) is 129 cm³/mol. The lowest BCUT2D eigenvalue weighted by Gasteiger charge is -2.27. The van der Waals surface area contributed by atoms with Gasteiger partial charge in [-0.05, 0) is 78.7 Å².